The van der Waals surface area contributed by atoms with E-state index in [0.717, 1.165) is 62.0 Å². The number of para-hydroxylation sites is 5. The highest BCUT2D eigenvalue weighted by Crippen LogP contribution is 2.52. The zero-order valence-corrected chi connectivity index (χ0v) is 66.8. The third kappa shape index (κ3) is 10.5. The summed E-state index contributed by atoms with van der Waals surface area (Å²) in [5, 5.41) is 7.84. The maximum atomic E-state index is 5.15. The van der Waals surface area contributed by atoms with Gasteiger partial charge in [-0.25, -0.2) is 24.9 Å². The Morgan fingerprint density at radius 1 is 0.256 bits per heavy atom. The van der Waals surface area contributed by atoms with Crippen LogP contribution >= 0.6 is 22.7 Å². The van der Waals surface area contributed by atoms with Crippen molar-refractivity contribution in [1.82, 2.24) is 48.2 Å². The molecule has 0 saturated heterocycles. The summed E-state index contributed by atoms with van der Waals surface area (Å²) in [6.07, 6.45) is 7.04. The van der Waals surface area contributed by atoms with Gasteiger partial charge in [0.25, 0.3) is 0 Å². The van der Waals surface area contributed by atoms with Crippen molar-refractivity contribution in [3.8, 4) is 90.4 Å². The highest BCUT2D eigenvalue weighted by molar-refractivity contribution is 7.26. The van der Waals surface area contributed by atoms with Crippen LogP contribution in [0.1, 0.15) is 74.9 Å². The summed E-state index contributed by atoms with van der Waals surface area (Å²) in [6.45, 7) is 14.0. The predicted molar refractivity (Wildman–Crippen MR) is 486 cm³/mol. The van der Waals surface area contributed by atoms with Gasteiger partial charge in [0.2, 0.25) is 0 Å². The zero-order chi connectivity index (χ0) is 78.2. The number of fused-ring (bicyclic) bond motifs is 15. The van der Waals surface area contributed by atoms with Crippen LogP contribution in [0.5, 0.6) is 0 Å². The summed E-state index contributed by atoms with van der Waals surface area (Å²) >= 11 is 3.72. The molecule has 0 fully saturated rings. The summed E-state index contributed by atoms with van der Waals surface area (Å²) in [6, 6.07) is 114. The number of rotatable bonds is 7. The average Bonchev–Trinajstić information content (AvgIpc) is 1.67. The summed E-state index contributed by atoms with van der Waals surface area (Å²) in [5.41, 5.74) is 31.5. The first-order chi connectivity index (χ1) is 57.3. The van der Waals surface area contributed by atoms with Crippen LogP contribution in [0.15, 0.2) is 340 Å². The molecule has 0 atom stereocenters. The number of hydrogen-bond acceptors (Lipinski definition) is 8. The van der Waals surface area contributed by atoms with Crippen LogP contribution in [0, 0.1) is 0 Å². The number of hydrogen-bond donors (Lipinski definition) is 0. The van der Waals surface area contributed by atoms with Crippen LogP contribution in [0.2, 0.25) is 0 Å². The van der Waals surface area contributed by atoms with Gasteiger partial charge in [0.05, 0.1) is 61.2 Å². The lowest BCUT2D eigenvalue weighted by Crippen LogP contribution is -2.26. The van der Waals surface area contributed by atoms with Crippen molar-refractivity contribution >= 4 is 118 Å². The SMILES string of the molecule is CC1(C)c2cc(-c3ccc4c(c3)c3ccccc3n4-c3ccccc3)ccc2-n2c(-c3ccccc3)nc3cccc1c32.CC1(C)c2cc(-c3ccc4sc5ccccc5c4c3)ccc2-n2c(-c3ccncc3)nc3cccc1c32.CC1(C)c2cc(-c3ccc4sc5ccccc5c4c3)ccc2-n2c(-c3ccncn3)nc3cccc1c32. The molecule has 25 rings (SSSR count). The van der Waals surface area contributed by atoms with Gasteiger partial charge in [0, 0.05) is 103 Å². The standard InChI is InChI=1S/C40H29N3.C33H23N3S.C32H22N4S/c1-40(2)32-17-11-18-34-38(32)43(39(41-34)26-12-5-3-6-13-26)37-23-21-28(25-33(37)40)27-20-22-36-31(24-27)30-16-9-10-19-35(30)42(36)29-14-7-4-8-15-29;1-33(2)25-7-5-8-27-31(25)36(32(35-27)20-14-16-34-17-15-20)28-12-10-22(19-26(28)33)21-11-13-30-24(18-21)23-6-3-4-9-29(23)37-30;1-32(2)23-7-5-8-25-30(23)36(31(35-25)26-14-15-33-18-34-26)27-12-10-20(17-24(27)32)19-11-13-29-22(16-19)21-6-3-4-9-28(21)37-29/h3-25H,1-2H3;3-19H,1-2H3;3-18H,1-2H3. The molecule has 0 N–H and O–H groups in total. The molecule has 0 unspecified atom stereocenters. The van der Waals surface area contributed by atoms with Crippen LogP contribution in [0.3, 0.4) is 0 Å². The number of aromatic nitrogens is 10. The molecule has 0 bridgehead atoms. The molecular weight excluding hydrogens is 1470 g/mol. The second-order valence-corrected chi connectivity index (χ2v) is 34.8. The fourth-order valence-electron chi connectivity index (χ4n) is 19.2. The fourth-order valence-corrected chi connectivity index (χ4v) is 21.3. The Labute approximate surface area is 683 Å². The molecule has 10 nitrogen and oxygen atoms in total. The highest BCUT2D eigenvalue weighted by Gasteiger charge is 2.40. The normalized spacial score (nSPS) is 13.8. The summed E-state index contributed by atoms with van der Waals surface area (Å²) in [4.78, 5) is 28.1. The van der Waals surface area contributed by atoms with Gasteiger partial charge in [-0.15, -0.1) is 22.7 Å². The molecule has 0 amide bonds. The summed E-state index contributed by atoms with van der Waals surface area (Å²) in [5.74, 6) is 2.80. The number of benzene rings is 14. The molecule has 0 radical (unpaired) electrons. The van der Waals surface area contributed by atoms with Crippen LogP contribution in [-0.4, -0.2) is 48.2 Å². The van der Waals surface area contributed by atoms with Crippen LogP contribution < -0.4 is 0 Å². The van der Waals surface area contributed by atoms with E-state index in [1.54, 1.807) is 12.5 Å². The fraction of sp³-hybridized carbons (Fsp3) is 0.0857. The Morgan fingerprint density at radius 3 is 1.14 bits per heavy atom. The van der Waals surface area contributed by atoms with E-state index in [-0.39, 0.29) is 16.2 Å². The first-order valence-corrected chi connectivity index (χ1v) is 41.6. The number of pyridine rings is 1. The molecule has 0 aliphatic carbocycles. The first kappa shape index (κ1) is 68.5. The van der Waals surface area contributed by atoms with E-state index in [0.29, 0.717) is 0 Å². The Hall–Kier alpha value is -14.0. The van der Waals surface area contributed by atoms with E-state index in [1.165, 1.54) is 157 Å². The van der Waals surface area contributed by atoms with Crippen LogP contribution in [0.25, 0.3) is 186 Å². The Kier molecular flexibility index (Phi) is 15.2. The molecule has 22 aromatic rings. The minimum absolute atomic E-state index is 0.157. The van der Waals surface area contributed by atoms with Crippen molar-refractivity contribution < 1.29 is 0 Å². The van der Waals surface area contributed by atoms with Crippen LogP contribution in [-0.2, 0) is 16.2 Å². The van der Waals surface area contributed by atoms with Gasteiger partial charge in [-0.05, 0) is 206 Å². The Morgan fingerprint density at radius 2 is 0.641 bits per heavy atom. The molecule has 11 heterocycles. The minimum atomic E-state index is -0.178. The molecule has 556 valence electrons. The van der Waals surface area contributed by atoms with Crippen molar-refractivity contribution in [3.05, 3.63) is 374 Å². The van der Waals surface area contributed by atoms with Gasteiger partial charge in [0.15, 0.2) is 5.82 Å². The lowest BCUT2D eigenvalue weighted by molar-refractivity contribution is 0.629. The Bertz CT molecular complexity index is 7550. The second kappa shape index (κ2) is 26.0. The van der Waals surface area contributed by atoms with Gasteiger partial charge in [-0.2, -0.15) is 0 Å². The zero-order valence-electron chi connectivity index (χ0n) is 65.1. The van der Waals surface area contributed by atoms with E-state index in [2.05, 4.69) is 372 Å². The van der Waals surface area contributed by atoms with Crippen LogP contribution in [0.4, 0.5) is 0 Å². The topological polar surface area (TPSA) is 97.1 Å². The molecule has 3 aliphatic heterocycles. The number of thiophene rings is 2. The van der Waals surface area contributed by atoms with E-state index < -0.39 is 0 Å². The monoisotopic (exact) mass is 1540 g/mol. The molecular formula is C105H74N10S2. The van der Waals surface area contributed by atoms with Gasteiger partial charge in [-0.3, -0.25) is 18.7 Å². The molecule has 0 spiro atoms. The van der Waals surface area contributed by atoms with Crippen molar-refractivity contribution in [2.45, 2.75) is 57.8 Å². The van der Waals surface area contributed by atoms with Crippen molar-refractivity contribution in [2.75, 3.05) is 0 Å². The molecule has 8 aromatic heterocycles. The molecule has 14 aromatic carbocycles. The third-order valence-electron chi connectivity index (χ3n) is 25.0. The van der Waals surface area contributed by atoms with Gasteiger partial charge < -0.3 is 4.57 Å². The van der Waals surface area contributed by atoms with E-state index in [9.17, 15) is 0 Å². The van der Waals surface area contributed by atoms with Crippen molar-refractivity contribution in [1.29, 1.82) is 0 Å². The lowest BCUT2D eigenvalue weighted by Gasteiger charge is -2.35. The average molecular weight is 1540 g/mol. The molecule has 0 saturated carbocycles. The smallest absolute Gasteiger partial charge is 0.164 e. The summed E-state index contributed by atoms with van der Waals surface area (Å²) < 4.78 is 14.7. The van der Waals surface area contributed by atoms with Crippen molar-refractivity contribution in [2.24, 2.45) is 0 Å². The van der Waals surface area contributed by atoms with E-state index >= 15 is 0 Å². The maximum Gasteiger partial charge on any atom is 0.164 e. The third-order valence-corrected chi connectivity index (χ3v) is 27.3. The molecule has 12 heteroatoms. The first-order valence-electron chi connectivity index (χ1n) is 39.9. The van der Waals surface area contributed by atoms with Gasteiger partial charge in [-0.1, -0.05) is 217 Å². The highest BCUT2D eigenvalue weighted by atomic mass is 32.1. The van der Waals surface area contributed by atoms with E-state index in [4.69, 9.17) is 15.0 Å². The predicted octanol–water partition coefficient (Wildman–Crippen LogP) is 27.0. The van der Waals surface area contributed by atoms with E-state index in [1.807, 2.05) is 53.3 Å². The quantitative estimate of drug-likeness (QED) is 0.158. The number of nitrogens with zero attached hydrogens (tertiary/aromatic N) is 10. The molecule has 117 heavy (non-hydrogen) atoms. The minimum Gasteiger partial charge on any atom is -0.309 e. The molecule has 3 aliphatic rings. The maximum absolute atomic E-state index is 5.15. The van der Waals surface area contributed by atoms with Crippen molar-refractivity contribution in [3.63, 3.8) is 0 Å². The largest absolute Gasteiger partial charge is 0.309 e. The Balaban J connectivity index is 0.000000104. The lowest BCUT2D eigenvalue weighted by atomic mass is 9.74. The second-order valence-electron chi connectivity index (χ2n) is 32.6. The van der Waals surface area contributed by atoms with Gasteiger partial charge in [0.1, 0.15) is 23.7 Å². The van der Waals surface area contributed by atoms with Gasteiger partial charge >= 0.3 is 0 Å². The summed E-state index contributed by atoms with van der Waals surface area (Å²) in [7, 11) is 0. The number of imidazole rings is 3.